The molecule has 0 aliphatic heterocycles. The molecule has 1 heterocycles. The highest BCUT2D eigenvalue weighted by atomic mass is 32.2. The van der Waals surface area contributed by atoms with Crippen LogP contribution in [0.1, 0.15) is 17.0 Å². The summed E-state index contributed by atoms with van der Waals surface area (Å²) in [7, 11) is -6.27. The molecular weight excluding hydrogens is 396 g/mol. The highest BCUT2D eigenvalue weighted by Crippen LogP contribution is 2.27. The van der Waals surface area contributed by atoms with Crippen molar-refractivity contribution in [3.8, 4) is 0 Å². The maximum Gasteiger partial charge on any atom is 0.268 e. The number of hydrogen-bond donors (Lipinski definition) is 0. The van der Waals surface area contributed by atoms with Gasteiger partial charge in [-0.25, -0.2) is 20.8 Å². The molecule has 1 aromatic heterocycles. The Labute approximate surface area is 166 Å². The van der Waals surface area contributed by atoms with E-state index in [-0.39, 0.29) is 22.0 Å². The zero-order valence-electron chi connectivity index (χ0n) is 15.9. The molecule has 0 radical (unpaired) electrons. The molecule has 0 unspecified atom stereocenters. The van der Waals surface area contributed by atoms with Gasteiger partial charge in [0, 0.05) is 19.3 Å². The van der Waals surface area contributed by atoms with E-state index in [0.29, 0.717) is 5.69 Å². The van der Waals surface area contributed by atoms with Crippen LogP contribution in [0.25, 0.3) is 0 Å². The maximum absolute atomic E-state index is 13.1. The summed E-state index contributed by atoms with van der Waals surface area (Å²) in [4.78, 5) is 0.0984. The first-order valence-corrected chi connectivity index (χ1v) is 11.5. The van der Waals surface area contributed by atoms with Crippen LogP contribution in [-0.2, 0) is 26.6 Å². The minimum absolute atomic E-state index is 0.0112. The first kappa shape index (κ1) is 20.3. The van der Waals surface area contributed by atoms with E-state index >= 15 is 0 Å². The quantitative estimate of drug-likeness (QED) is 0.616. The minimum Gasteiger partial charge on any atom is -0.242 e. The lowest BCUT2D eigenvalue weighted by atomic mass is 10.2. The van der Waals surface area contributed by atoms with Gasteiger partial charge in [0.15, 0.2) is 0 Å². The second-order valence-electron chi connectivity index (χ2n) is 6.56. The lowest BCUT2D eigenvalue weighted by Crippen LogP contribution is -2.27. The van der Waals surface area contributed by atoms with Crippen LogP contribution in [0, 0.1) is 13.8 Å². The molecule has 0 bridgehead atoms. The molecule has 0 aliphatic carbocycles. The van der Waals surface area contributed by atoms with E-state index in [1.807, 2.05) is 30.3 Å². The van der Waals surface area contributed by atoms with Gasteiger partial charge in [0.05, 0.1) is 10.6 Å². The summed E-state index contributed by atoms with van der Waals surface area (Å²) in [6.45, 7) is 3.29. The van der Waals surface area contributed by atoms with E-state index in [1.54, 1.807) is 25.1 Å². The molecule has 148 valence electrons. The Kier molecular flexibility index (Phi) is 5.47. The number of hydrogen-bond acceptors (Lipinski definition) is 4. The average molecular weight is 419 g/mol. The van der Waals surface area contributed by atoms with Crippen LogP contribution in [0.5, 0.6) is 0 Å². The first-order valence-electron chi connectivity index (χ1n) is 8.65. The third kappa shape index (κ3) is 3.63. The summed E-state index contributed by atoms with van der Waals surface area (Å²) in [5.74, 6) is 0. The van der Waals surface area contributed by atoms with Gasteiger partial charge in [0.1, 0.15) is 4.90 Å². The van der Waals surface area contributed by atoms with Crippen molar-refractivity contribution in [1.29, 1.82) is 0 Å². The van der Waals surface area contributed by atoms with Crippen molar-refractivity contribution >= 4 is 20.0 Å². The lowest BCUT2D eigenvalue weighted by Gasteiger charge is -2.17. The van der Waals surface area contributed by atoms with Crippen molar-refractivity contribution in [2.24, 2.45) is 0 Å². The molecule has 8 heteroatoms. The Balaban J connectivity index is 2.04. The van der Waals surface area contributed by atoms with Gasteiger partial charge >= 0.3 is 0 Å². The Morgan fingerprint density at radius 1 is 0.857 bits per heavy atom. The molecule has 0 aliphatic rings. The summed E-state index contributed by atoms with van der Waals surface area (Å²) in [5, 5.41) is 0. The number of aryl methyl sites for hydroxylation is 1. The van der Waals surface area contributed by atoms with Gasteiger partial charge in [-0.15, -0.1) is 0 Å². The maximum atomic E-state index is 13.1. The Morgan fingerprint density at radius 2 is 1.39 bits per heavy atom. The van der Waals surface area contributed by atoms with Gasteiger partial charge < -0.3 is 0 Å². The van der Waals surface area contributed by atoms with E-state index in [9.17, 15) is 16.8 Å². The predicted molar refractivity (Wildman–Crippen MR) is 108 cm³/mol. The zero-order chi connectivity index (χ0) is 20.5. The molecule has 0 saturated heterocycles. The predicted octanol–water partition coefficient (Wildman–Crippen LogP) is 3.16. The molecule has 3 rings (SSSR count). The summed E-state index contributed by atoms with van der Waals surface area (Å²) < 4.78 is 54.6. The topological polar surface area (TPSA) is 76.5 Å². The molecule has 2 aromatic carbocycles. The zero-order valence-corrected chi connectivity index (χ0v) is 17.5. The summed E-state index contributed by atoms with van der Waals surface area (Å²) in [6.07, 6.45) is 0. The largest absolute Gasteiger partial charge is 0.268 e. The fourth-order valence-corrected chi connectivity index (χ4v) is 6.24. The van der Waals surface area contributed by atoms with Crippen molar-refractivity contribution in [2.45, 2.75) is 30.2 Å². The average Bonchev–Trinajstić information content (AvgIpc) is 2.98. The fourth-order valence-electron chi connectivity index (χ4n) is 3.14. The number of benzene rings is 2. The fraction of sp³-hybridized carbons (Fsp3) is 0.200. The number of aromatic nitrogens is 1. The van der Waals surface area contributed by atoms with Crippen LogP contribution in [0.4, 0.5) is 0 Å². The van der Waals surface area contributed by atoms with E-state index < -0.39 is 20.0 Å². The summed E-state index contributed by atoms with van der Waals surface area (Å²) in [6, 6.07) is 18.6. The second kappa shape index (κ2) is 7.54. The van der Waals surface area contributed by atoms with Crippen LogP contribution >= 0.6 is 0 Å². The van der Waals surface area contributed by atoms with E-state index in [0.717, 1.165) is 9.54 Å². The van der Waals surface area contributed by atoms with Gasteiger partial charge in [-0.1, -0.05) is 48.5 Å². The van der Waals surface area contributed by atoms with Crippen LogP contribution in [0.15, 0.2) is 76.5 Å². The molecule has 28 heavy (non-hydrogen) atoms. The summed E-state index contributed by atoms with van der Waals surface area (Å²) >= 11 is 0. The molecule has 0 atom stereocenters. The van der Waals surface area contributed by atoms with Crippen LogP contribution in [0.2, 0.25) is 0 Å². The van der Waals surface area contributed by atoms with Gasteiger partial charge in [-0.2, -0.15) is 4.31 Å². The summed E-state index contributed by atoms with van der Waals surface area (Å²) in [5.41, 5.74) is 1.36. The van der Waals surface area contributed by atoms with Crippen molar-refractivity contribution < 1.29 is 16.8 Å². The van der Waals surface area contributed by atoms with Gasteiger partial charge in [-0.3, -0.25) is 0 Å². The number of nitrogens with zero attached hydrogens (tertiary/aromatic N) is 2. The van der Waals surface area contributed by atoms with Gasteiger partial charge in [0.2, 0.25) is 10.0 Å². The van der Waals surface area contributed by atoms with Gasteiger partial charge in [-0.05, 0) is 37.6 Å². The normalized spacial score (nSPS) is 12.4. The second-order valence-corrected chi connectivity index (χ2v) is 10.4. The molecule has 0 N–H and O–H groups in total. The SMILES string of the molecule is Cc1cc(S(=O)(=O)N(C)Cc2ccccc2)c(C)n1S(=O)(=O)c1ccccc1. The van der Waals surface area contributed by atoms with Crippen molar-refractivity contribution in [3.05, 3.63) is 83.7 Å². The third-order valence-electron chi connectivity index (χ3n) is 4.54. The monoisotopic (exact) mass is 418 g/mol. The highest BCUT2D eigenvalue weighted by Gasteiger charge is 2.30. The molecule has 0 spiro atoms. The lowest BCUT2D eigenvalue weighted by molar-refractivity contribution is 0.466. The molecular formula is C20H22N2O4S2. The van der Waals surface area contributed by atoms with Crippen LogP contribution in [-0.4, -0.2) is 32.2 Å². The van der Waals surface area contributed by atoms with E-state index in [1.165, 1.54) is 36.5 Å². The molecule has 3 aromatic rings. The molecule has 0 fully saturated rings. The Bertz CT molecular complexity index is 1180. The van der Waals surface area contributed by atoms with Crippen molar-refractivity contribution in [3.63, 3.8) is 0 Å². The molecule has 0 amide bonds. The number of sulfonamides is 1. The van der Waals surface area contributed by atoms with Gasteiger partial charge in [0.25, 0.3) is 10.0 Å². The van der Waals surface area contributed by atoms with Crippen molar-refractivity contribution in [1.82, 2.24) is 8.28 Å². The number of rotatable bonds is 6. The third-order valence-corrected chi connectivity index (χ3v) is 8.37. The van der Waals surface area contributed by atoms with E-state index in [4.69, 9.17) is 0 Å². The Morgan fingerprint density at radius 3 is 1.96 bits per heavy atom. The Hall–Kier alpha value is -2.42. The standard InChI is InChI=1S/C20H22N2O4S2/c1-16-14-20(28(25,26)21(3)15-18-10-6-4-7-11-18)17(2)22(16)27(23,24)19-12-8-5-9-13-19/h4-14H,15H2,1-3H3. The molecule has 0 saturated carbocycles. The van der Waals surface area contributed by atoms with Crippen LogP contribution in [0.3, 0.4) is 0 Å². The first-order chi connectivity index (χ1) is 13.2. The van der Waals surface area contributed by atoms with Crippen LogP contribution < -0.4 is 0 Å². The van der Waals surface area contributed by atoms with E-state index in [2.05, 4.69) is 0 Å². The highest BCUT2D eigenvalue weighted by molar-refractivity contribution is 7.90. The van der Waals surface area contributed by atoms with Crippen molar-refractivity contribution in [2.75, 3.05) is 7.05 Å². The minimum atomic E-state index is -3.89. The smallest absolute Gasteiger partial charge is 0.242 e. The molecule has 6 nitrogen and oxygen atoms in total.